The summed E-state index contributed by atoms with van der Waals surface area (Å²) in [6, 6.07) is 3.89. The quantitative estimate of drug-likeness (QED) is 0.740. The maximum Gasteiger partial charge on any atom is 0.0790 e. The Hall–Kier alpha value is -1.13. The first kappa shape index (κ1) is 11.9. The van der Waals surface area contributed by atoms with Gasteiger partial charge in [-0.25, -0.2) is 0 Å². The van der Waals surface area contributed by atoms with E-state index in [0.29, 0.717) is 13.0 Å². The van der Waals surface area contributed by atoms with Crippen LogP contribution >= 0.6 is 0 Å². The van der Waals surface area contributed by atoms with Crippen molar-refractivity contribution in [1.82, 2.24) is 4.98 Å². The number of methoxy groups -OCH3 is 1. The monoisotopic (exact) mass is 210 g/mol. The molecule has 0 aliphatic rings. The van der Waals surface area contributed by atoms with Crippen LogP contribution in [0.25, 0.3) is 0 Å². The zero-order valence-corrected chi connectivity index (χ0v) is 9.23. The number of ether oxygens (including phenoxy) is 1. The summed E-state index contributed by atoms with van der Waals surface area (Å²) in [7, 11) is 1.59. The lowest BCUT2D eigenvalue weighted by molar-refractivity contribution is 0.0615. The molecule has 0 saturated heterocycles. The molecule has 0 saturated carbocycles. The van der Waals surface area contributed by atoms with Gasteiger partial charge in [0.25, 0.3) is 0 Å². The van der Waals surface area contributed by atoms with E-state index in [1.54, 1.807) is 13.3 Å². The van der Waals surface area contributed by atoms with Crippen molar-refractivity contribution in [1.29, 1.82) is 0 Å². The first-order valence-electron chi connectivity index (χ1n) is 5.06. The van der Waals surface area contributed by atoms with Crippen molar-refractivity contribution in [3.05, 3.63) is 24.0 Å². The second-order valence-corrected chi connectivity index (χ2v) is 3.51. The lowest BCUT2D eigenvalue weighted by Gasteiger charge is -2.10. The summed E-state index contributed by atoms with van der Waals surface area (Å²) < 4.78 is 4.84. The predicted octanol–water partition coefficient (Wildman–Crippen LogP) is 1.20. The van der Waals surface area contributed by atoms with Gasteiger partial charge >= 0.3 is 0 Å². The molecule has 84 valence electrons. The average molecular weight is 210 g/mol. The zero-order chi connectivity index (χ0) is 11.1. The first-order chi connectivity index (χ1) is 7.22. The van der Waals surface area contributed by atoms with E-state index in [2.05, 4.69) is 10.3 Å². The third-order valence-electron chi connectivity index (χ3n) is 2.06. The van der Waals surface area contributed by atoms with Crippen molar-refractivity contribution in [2.45, 2.75) is 19.4 Å². The molecule has 4 heteroatoms. The summed E-state index contributed by atoms with van der Waals surface area (Å²) in [4.78, 5) is 4.10. The summed E-state index contributed by atoms with van der Waals surface area (Å²) in [5, 5.41) is 12.6. The van der Waals surface area contributed by atoms with Gasteiger partial charge in [-0.15, -0.1) is 0 Å². The van der Waals surface area contributed by atoms with Crippen LogP contribution < -0.4 is 5.32 Å². The Labute approximate surface area is 90.3 Å². The minimum absolute atomic E-state index is 0.386. The molecule has 0 bridgehead atoms. The van der Waals surface area contributed by atoms with Crippen molar-refractivity contribution < 1.29 is 9.84 Å². The maximum absolute atomic E-state index is 9.40. The summed E-state index contributed by atoms with van der Waals surface area (Å²) in [6.07, 6.45) is 2.05. The highest BCUT2D eigenvalue weighted by Gasteiger charge is 2.02. The molecular formula is C11H18N2O2. The summed E-state index contributed by atoms with van der Waals surface area (Å²) in [5.41, 5.74) is 2.02. The Morgan fingerprint density at radius 3 is 3.07 bits per heavy atom. The fourth-order valence-electron chi connectivity index (χ4n) is 1.31. The second kappa shape index (κ2) is 6.37. The van der Waals surface area contributed by atoms with E-state index in [4.69, 9.17) is 4.74 Å². The Kier molecular flexibility index (Phi) is 5.07. The molecule has 2 N–H and O–H groups in total. The van der Waals surface area contributed by atoms with Crippen LogP contribution in [0.4, 0.5) is 5.69 Å². The van der Waals surface area contributed by atoms with Gasteiger partial charge < -0.3 is 15.2 Å². The molecule has 1 heterocycles. The largest absolute Gasteiger partial charge is 0.391 e. The maximum atomic E-state index is 9.40. The van der Waals surface area contributed by atoms with Gasteiger partial charge in [0, 0.05) is 31.2 Å². The van der Waals surface area contributed by atoms with E-state index >= 15 is 0 Å². The van der Waals surface area contributed by atoms with Crippen molar-refractivity contribution in [2.24, 2.45) is 0 Å². The number of aromatic nitrogens is 1. The van der Waals surface area contributed by atoms with Crippen LogP contribution in [-0.2, 0) is 4.74 Å². The fraction of sp³-hybridized carbons (Fsp3) is 0.545. The molecule has 1 rings (SSSR count). The highest BCUT2D eigenvalue weighted by atomic mass is 16.5. The molecule has 4 nitrogen and oxygen atoms in total. The van der Waals surface area contributed by atoms with Gasteiger partial charge in [0.15, 0.2) is 0 Å². The van der Waals surface area contributed by atoms with Crippen molar-refractivity contribution in [3.63, 3.8) is 0 Å². The lowest BCUT2D eigenvalue weighted by atomic mass is 10.2. The van der Waals surface area contributed by atoms with Crippen molar-refractivity contribution in [3.8, 4) is 0 Å². The number of aliphatic hydroxyl groups is 1. The van der Waals surface area contributed by atoms with Gasteiger partial charge in [-0.05, 0) is 25.5 Å². The van der Waals surface area contributed by atoms with Crippen LogP contribution in [0.1, 0.15) is 12.1 Å². The minimum Gasteiger partial charge on any atom is -0.391 e. The molecule has 1 atom stereocenters. The molecule has 0 amide bonds. The normalized spacial score (nSPS) is 12.5. The number of rotatable bonds is 6. The van der Waals surface area contributed by atoms with Crippen molar-refractivity contribution >= 4 is 5.69 Å². The number of nitrogens with one attached hydrogen (secondary N) is 1. The van der Waals surface area contributed by atoms with Gasteiger partial charge in [0.05, 0.1) is 12.7 Å². The standard InChI is InChI=1S/C11H18N2O2/c1-9-7-10(3-5-12-9)13-6-4-11(14)8-15-2/h3,5,7,11,14H,4,6,8H2,1-2H3,(H,12,13). The van der Waals surface area contributed by atoms with Crippen molar-refractivity contribution in [2.75, 3.05) is 25.6 Å². The third kappa shape index (κ3) is 4.76. The minimum atomic E-state index is -0.398. The average Bonchev–Trinajstić information content (AvgIpc) is 2.18. The summed E-state index contributed by atoms with van der Waals surface area (Å²) in [5.74, 6) is 0. The Morgan fingerprint density at radius 1 is 1.60 bits per heavy atom. The van der Waals surface area contributed by atoms with Gasteiger partial charge in [0.1, 0.15) is 0 Å². The van der Waals surface area contributed by atoms with Crippen LogP contribution in [0, 0.1) is 6.92 Å². The molecule has 1 aromatic heterocycles. The van der Waals surface area contributed by atoms with Crippen LogP contribution in [0.15, 0.2) is 18.3 Å². The first-order valence-corrected chi connectivity index (χ1v) is 5.06. The van der Waals surface area contributed by atoms with Gasteiger partial charge in [-0.1, -0.05) is 0 Å². The van der Waals surface area contributed by atoms with Crippen LogP contribution in [-0.4, -0.2) is 36.5 Å². The third-order valence-corrected chi connectivity index (χ3v) is 2.06. The summed E-state index contributed by atoms with van der Waals surface area (Å²) >= 11 is 0. The summed E-state index contributed by atoms with van der Waals surface area (Å²) in [6.45, 7) is 3.07. The van der Waals surface area contributed by atoms with E-state index in [1.807, 2.05) is 19.1 Å². The fourth-order valence-corrected chi connectivity index (χ4v) is 1.31. The van der Waals surface area contributed by atoms with E-state index < -0.39 is 6.10 Å². The Balaban J connectivity index is 2.25. The molecule has 15 heavy (non-hydrogen) atoms. The number of anilines is 1. The molecule has 0 radical (unpaired) electrons. The van der Waals surface area contributed by atoms with E-state index in [-0.39, 0.29) is 0 Å². The predicted molar refractivity (Wildman–Crippen MR) is 60.0 cm³/mol. The highest BCUT2D eigenvalue weighted by molar-refractivity contribution is 5.42. The molecule has 0 spiro atoms. The van der Waals surface area contributed by atoms with Crippen LogP contribution in [0.5, 0.6) is 0 Å². The molecule has 0 aromatic carbocycles. The van der Waals surface area contributed by atoms with Crippen LogP contribution in [0.2, 0.25) is 0 Å². The van der Waals surface area contributed by atoms with E-state index in [9.17, 15) is 5.11 Å². The van der Waals surface area contributed by atoms with E-state index in [0.717, 1.165) is 17.9 Å². The Morgan fingerprint density at radius 2 is 2.40 bits per heavy atom. The van der Waals surface area contributed by atoms with Crippen LogP contribution in [0.3, 0.4) is 0 Å². The number of aryl methyl sites for hydroxylation is 1. The molecule has 0 aliphatic carbocycles. The molecular weight excluding hydrogens is 192 g/mol. The number of aliphatic hydroxyl groups excluding tert-OH is 1. The van der Waals surface area contributed by atoms with Gasteiger partial charge in [-0.3, -0.25) is 4.98 Å². The van der Waals surface area contributed by atoms with Gasteiger partial charge in [-0.2, -0.15) is 0 Å². The van der Waals surface area contributed by atoms with E-state index in [1.165, 1.54) is 0 Å². The second-order valence-electron chi connectivity index (χ2n) is 3.51. The smallest absolute Gasteiger partial charge is 0.0790 e. The molecule has 0 fully saturated rings. The number of pyridine rings is 1. The number of hydrogen-bond donors (Lipinski definition) is 2. The molecule has 1 unspecified atom stereocenters. The Bertz CT molecular complexity index is 292. The number of nitrogens with zero attached hydrogens (tertiary/aromatic N) is 1. The molecule has 0 aliphatic heterocycles. The number of hydrogen-bond acceptors (Lipinski definition) is 4. The van der Waals surface area contributed by atoms with Gasteiger partial charge in [0.2, 0.25) is 0 Å². The molecule has 1 aromatic rings. The SMILES string of the molecule is COCC(O)CCNc1ccnc(C)c1. The lowest BCUT2D eigenvalue weighted by Crippen LogP contribution is -2.18. The topological polar surface area (TPSA) is 54.4 Å². The highest BCUT2D eigenvalue weighted by Crippen LogP contribution is 2.07. The zero-order valence-electron chi connectivity index (χ0n) is 9.23.